The zero-order valence-electron chi connectivity index (χ0n) is 11.8. The first-order valence-electron chi connectivity index (χ1n) is 6.60. The molecule has 1 aliphatic rings. The molecule has 0 amide bonds. The van der Waals surface area contributed by atoms with Crippen LogP contribution in [0.15, 0.2) is 18.2 Å². The van der Waals surface area contributed by atoms with E-state index >= 15 is 0 Å². The van der Waals surface area contributed by atoms with E-state index in [1.54, 1.807) is 6.07 Å². The fourth-order valence-corrected chi connectivity index (χ4v) is 2.24. The van der Waals surface area contributed by atoms with Crippen molar-refractivity contribution in [3.05, 3.63) is 29.3 Å². The number of carbonyl (C=O) groups is 1. The van der Waals surface area contributed by atoms with E-state index in [1.807, 2.05) is 12.1 Å². The van der Waals surface area contributed by atoms with E-state index in [1.165, 1.54) is 0 Å². The van der Waals surface area contributed by atoms with Gasteiger partial charge in [-0.1, -0.05) is 26.8 Å². The number of anilines is 1. The molecule has 1 aliphatic heterocycles. The summed E-state index contributed by atoms with van der Waals surface area (Å²) in [6.07, 6.45) is 0. The molecule has 1 aromatic rings. The Kier molecular flexibility index (Phi) is 3.80. The van der Waals surface area contributed by atoms with Gasteiger partial charge in [-0.05, 0) is 23.1 Å². The van der Waals surface area contributed by atoms with Crippen molar-refractivity contribution in [2.75, 3.05) is 31.2 Å². The van der Waals surface area contributed by atoms with Gasteiger partial charge in [0.05, 0.1) is 24.5 Å². The number of carboxylic acid groups (broad SMARTS) is 1. The molecule has 19 heavy (non-hydrogen) atoms. The Morgan fingerprint density at radius 3 is 2.42 bits per heavy atom. The molecule has 0 aliphatic carbocycles. The molecule has 0 aromatic heterocycles. The summed E-state index contributed by atoms with van der Waals surface area (Å²) in [5, 5.41) is 9.33. The van der Waals surface area contributed by atoms with Crippen LogP contribution in [0.1, 0.15) is 36.7 Å². The number of morpholine rings is 1. The second-order valence-corrected chi connectivity index (χ2v) is 5.89. The molecule has 2 rings (SSSR count). The average molecular weight is 263 g/mol. The van der Waals surface area contributed by atoms with E-state index in [0.717, 1.165) is 24.3 Å². The minimum Gasteiger partial charge on any atom is -0.478 e. The van der Waals surface area contributed by atoms with Gasteiger partial charge in [-0.25, -0.2) is 4.79 Å². The first-order valence-corrected chi connectivity index (χ1v) is 6.60. The number of aromatic carboxylic acids is 1. The lowest BCUT2D eigenvalue weighted by molar-refractivity contribution is 0.0696. The maximum absolute atomic E-state index is 11.4. The Bertz CT molecular complexity index is 471. The lowest BCUT2D eigenvalue weighted by Crippen LogP contribution is -2.37. The summed E-state index contributed by atoms with van der Waals surface area (Å²) in [6.45, 7) is 9.18. The van der Waals surface area contributed by atoms with Crippen molar-refractivity contribution in [1.29, 1.82) is 0 Å². The van der Waals surface area contributed by atoms with Crippen LogP contribution in [0.3, 0.4) is 0 Å². The van der Waals surface area contributed by atoms with Crippen molar-refractivity contribution in [2.24, 2.45) is 0 Å². The fraction of sp³-hybridized carbons (Fsp3) is 0.533. The molecule has 4 nitrogen and oxygen atoms in total. The van der Waals surface area contributed by atoms with E-state index < -0.39 is 5.97 Å². The fourth-order valence-electron chi connectivity index (χ4n) is 2.24. The minimum atomic E-state index is -0.873. The number of benzene rings is 1. The lowest BCUT2D eigenvalue weighted by atomic mass is 9.86. The summed E-state index contributed by atoms with van der Waals surface area (Å²) in [4.78, 5) is 13.5. The van der Waals surface area contributed by atoms with Crippen LogP contribution in [0.25, 0.3) is 0 Å². The summed E-state index contributed by atoms with van der Waals surface area (Å²) in [6, 6.07) is 5.63. The van der Waals surface area contributed by atoms with Gasteiger partial charge in [0.15, 0.2) is 0 Å². The number of nitrogens with zero attached hydrogens (tertiary/aromatic N) is 1. The van der Waals surface area contributed by atoms with Crippen molar-refractivity contribution in [2.45, 2.75) is 26.2 Å². The Balaban J connectivity index is 2.44. The Morgan fingerprint density at radius 2 is 1.89 bits per heavy atom. The van der Waals surface area contributed by atoms with E-state index in [4.69, 9.17) is 4.74 Å². The second kappa shape index (κ2) is 5.21. The molecular formula is C15H21NO3. The van der Waals surface area contributed by atoms with Crippen molar-refractivity contribution in [3.8, 4) is 0 Å². The Hall–Kier alpha value is -1.55. The molecule has 0 unspecified atom stereocenters. The van der Waals surface area contributed by atoms with Gasteiger partial charge in [0.2, 0.25) is 0 Å². The van der Waals surface area contributed by atoms with Crippen LogP contribution in [0.2, 0.25) is 0 Å². The maximum atomic E-state index is 11.4. The molecule has 0 atom stereocenters. The summed E-state index contributed by atoms with van der Waals surface area (Å²) in [5.74, 6) is -0.873. The third kappa shape index (κ3) is 3.07. The summed E-state index contributed by atoms with van der Waals surface area (Å²) in [7, 11) is 0. The van der Waals surface area contributed by atoms with Crippen molar-refractivity contribution in [3.63, 3.8) is 0 Å². The maximum Gasteiger partial charge on any atom is 0.337 e. The highest BCUT2D eigenvalue weighted by atomic mass is 16.5. The SMILES string of the molecule is CC(C)(C)c1ccc(C(=O)O)c(N2CCOCC2)c1. The standard InChI is InChI=1S/C15H21NO3/c1-15(2,3)11-4-5-12(14(17)18)13(10-11)16-6-8-19-9-7-16/h4-5,10H,6-9H2,1-3H3,(H,17,18). The third-order valence-corrected chi connectivity index (χ3v) is 3.45. The summed E-state index contributed by atoms with van der Waals surface area (Å²) >= 11 is 0. The highest BCUT2D eigenvalue weighted by Gasteiger charge is 2.22. The molecule has 1 saturated heterocycles. The van der Waals surface area contributed by atoms with Gasteiger partial charge < -0.3 is 14.7 Å². The number of hydrogen-bond donors (Lipinski definition) is 1. The second-order valence-electron chi connectivity index (χ2n) is 5.89. The Morgan fingerprint density at radius 1 is 1.26 bits per heavy atom. The predicted octanol–water partition coefficient (Wildman–Crippen LogP) is 2.52. The number of hydrogen-bond acceptors (Lipinski definition) is 3. The van der Waals surface area contributed by atoms with E-state index in [-0.39, 0.29) is 5.41 Å². The number of carboxylic acids is 1. The molecule has 1 heterocycles. The van der Waals surface area contributed by atoms with Crippen molar-refractivity contribution >= 4 is 11.7 Å². The van der Waals surface area contributed by atoms with Gasteiger partial charge in [-0.2, -0.15) is 0 Å². The first-order chi connectivity index (χ1) is 8.89. The van der Waals surface area contributed by atoms with Gasteiger partial charge >= 0.3 is 5.97 Å². The largest absolute Gasteiger partial charge is 0.478 e. The predicted molar refractivity (Wildman–Crippen MR) is 75.1 cm³/mol. The van der Waals surface area contributed by atoms with Crippen LogP contribution in [0.5, 0.6) is 0 Å². The van der Waals surface area contributed by atoms with Crippen LogP contribution in [0.4, 0.5) is 5.69 Å². The number of ether oxygens (including phenoxy) is 1. The molecule has 104 valence electrons. The molecule has 4 heteroatoms. The van der Waals surface area contributed by atoms with E-state index in [2.05, 4.69) is 25.7 Å². The zero-order chi connectivity index (χ0) is 14.0. The topological polar surface area (TPSA) is 49.8 Å². The smallest absolute Gasteiger partial charge is 0.337 e. The van der Waals surface area contributed by atoms with Gasteiger partial charge in [0, 0.05) is 13.1 Å². The van der Waals surface area contributed by atoms with Crippen LogP contribution in [0, 0.1) is 0 Å². The molecule has 0 saturated carbocycles. The Labute approximate surface area is 114 Å². The molecule has 0 spiro atoms. The highest BCUT2D eigenvalue weighted by molar-refractivity contribution is 5.94. The monoisotopic (exact) mass is 263 g/mol. The van der Waals surface area contributed by atoms with Gasteiger partial charge in [-0.15, -0.1) is 0 Å². The molecule has 1 N–H and O–H groups in total. The summed E-state index contributed by atoms with van der Waals surface area (Å²) < 4.78 is 5.33. The molecular weight excluding hydrogens is 242 g/mol. The molecule has 0 bridgehead atoms. The first kappa shape index (κ1) is 13.9. The van der Waals surface area contributed by atoms with Gasteiger partial charge in [-0.3, -0.25) is 0 Å². The molecule has 1 aromatic carbocycles. The highest BCUT2D eigenvalue weighted by Crippen LogP contribution is 2.30. The minimum absolute atomic E-state index is 0.0120. The van der Waals surface area contributed by atoms with Crippen LogP contribution >= 0.6 is 0 Å². The number of rotatable bonds is 2. The zero-order valence-corrected chi connectivity index (χ0v) is 11.8. The molecule has 1 fully saturated rings. The van der Waals surface area contributed by atoms with E-state index in [0.29, 0.717) is 18.8 Å². The summed E-state index contributed by atoms with van der Waals surface area (Å²) in [5.41, 5.74) is 2.34. The van der Waals surface area contributed by atoms with Crippen molar-refractivity contribution in [1.82, 2.24) is 0 Å². The van der Waals surface area contributed by atoms with Crippen LogP contribution in [-0.2, 0) is 10.2 Å². The normalized spacial score (nSPS) is 16.5. The van der Waals surface area contributed by atoms with Gasteiger partial charge in [0.1, 0.15) is 0 Å². The quantitative estimate of drug-likeness (QED) is 0.890. The van der Waals surface area contributed by atoms with Crippen LogP contribution < -0.4 is 4.90 Å². The van der Waals surface area contributed by atoms with Crippen molar-refractivity contribution < 1.29 is 14.6 Å². The van der Waals surface area contributed by atoms with E-state index in [9.17, 15) is 9.90 Å². The average Bonchev–Trinajstić information content (AvgIpc) is 2.38. The van der Waals surface area contributed by atoms with Crippen LogP contribution in [-0.4, -0.2) is 37.4 Å². The van der Waals surface area contributed by atoms with Gasteiger partial charge in [0.25, 0.3) is 0 Å². The lowest BCUT2D eigenvalue weighted by Gasteiger charge is -2.31. The molecule has 0 radical (unpaired) electrons. The third-order valence-electron chi connectivity index (χ3n) is 3.45.